The van der Waals surface area contributed by atoms with E-state index < -0.39 is 134 Å². The van der Waals surface area contributed by atoms with Gasteiger partial charge in [-0.15, -0.1) is 0 Å². The molecule has 0 saturated carbocycles. The van der Waals surface area contributed by atoms with E-state index in [1.165, 1.54) is 10.9 Å². The average Bonchev–Trinajstić information content (AvgIpc) is 3.69. The molecule has 2 aliphatic heterocycles. The normalized spacial score (nSPS) is 26.3. The first-order valence-corrected chi connectivity index (χ1v) is 17.5. The number of ether oxygens (including phenoxy) is 10. The van der Waals surface area contributed by atoms with Crippen molar-refractivity contribution in [1.82, 2.24) is 24.8 Å². The van der Waals surface area contributed by atoms with Crippen molar-refractivity contribution in [3.63, 3.8) is 0 Å². The van der Waals surface area contributed by atoms with Gasteiger partial charge in [0.05, 0.1) is 38.8 Å². The van der Waals surface area contributed by atoms with E-state index in [2.05, 4.69) is 20.3 Å². The average molecular weight is 826 g/mol. The van der Waals surface area contributed by atoms with E-state index in [0.29, 0.717) is 0 Å². The molecule has 0 aromatic carbocycles. The number of hydrogen-bond acceptors (Lipinski definition) is 21. The summed E-state index contributed by atoms with van der Waals surface area (Å²) in [5.74, 6) is -10.1. The summed E-state index contributed by atoms with van der Waals surface area (Å²) in [7, 11) is 0.956. The summed E-state index contributed by atoms with van der Waals surface area (Å²) in [6.45, 7) is 5.78. The van der Waals surface area contributed by atoms with Gasteiger partial charge >= 0.3 is 41.8 Å². The number of hydrogen-bond donors (Lipinski definition) is 2. The predicted octanol–water partition coefficient (Wildman–Crippen LogP) is -1.58. The van der Waals surface area contributed by atoms with Gasteiger partial charge in [-0.2, -0.15) is 0 Å². The fourth-order valence-electron chi connectivity index (χ4n) is 6.53. The van der Waals surface area contributed by atoms with Crippen LogP contribution in [0, 0.1) is 0 Å². The van der Waals surface area contributed by atoms with Crippen molar-refractivity contribution in [1.29, 1.82) is 0 Å². The van der Waals surface area contributed by atoms with Crippen LogP contribution in [0.2, 0.25) is 0 Å². The molecule has 4 heterocycles. The zero-order valence-electron chi connectivity index (χ0n) is 32.6. The summed E-state index contributed by atoms with van der Waals surface area (Å²) in [5.41, 5.74) is -0.739. The Hall–Kier alpha value is -6.01. The van der Waals surface area contributed by atoms with E-state index in [9.17, 15) is 43.2 Å². The number of H-pyrrole nitrogens is 1. The number of imidazole rings is 1. The summed E-state index contributed by atoms with van der Waals surface area (Å²) in [6, 6.07) is -1.48. The van der Waals surface area contributed by atoms with Crippen molar-refractivity contribution < 1.29 is 85.7 Å². The first-order chi connectivity index (χ1) is 27.3. The number of esters is 7. The topological polar surface area (TPSA) is 304 Å². The number of fused-ring (bicyclic) bond motifs is 1. The molecule has 0 bridgehead atoms. The SMILES string of the molecule is COC(=O)[C@@]1(OC[C@H]2O[C@@H](n3cnc4c(=O)[nH]cnc43)[C@H](OC(C)=O)[C@@H]2OC(C)=O)C[C@H](OC(C)=O)[C@@H](NC(C)=O)[C@H]([C@H](OC(C)=O)[C@@H](COC(C)=O)OC(C)=O)O1. The second-order valence-corrected chi connectivity index (χ2v) is 13.0. The van der Waals surface area contributed by atoms with Crippen LogP contribution >= 0.6 is 0 Å². The zero-order chi connectivity index (χ0) is 43.1. The maximum absolute atomic E-state index is 13.9. The van der Waals surface area contributed by atoms with Gasteiger partial charge in [0.1, 0.15) is 24.9 Å². The molecule has 0 aliphatic carbocycles. The summed E-state index contributed by atoms with van der Waals surface area (Å²) < 4.78 is 57.6. The van der Waals surface area contributed by atoms with E-state index in [1.54, 1.807) is 0 Å². The van der Waals surface area contributed by atoms with Crippen molar-refractivity contribution in [3.05, 3.63) is 23.0 Å². The minimum absolute atomic E-state index is 0.0145. The lowest BCUT2D eigenvalue weighted by Crippen LogP contribution is -2.69. The molecular formula is C34H43N5O19. The fourth-order valence-corrected chi connectivity index (χ4v) is 6.53. The fraction of sp³-hybridized carbons (Fsp3) is 0.618. The maximum Gasteiger partial charge on any atom is 0.366 e. The lowest BCUT2D eigenvalue weighted by Gasteiger charge is -2.48. The second-order valence-electron chi connectivity index (χ2n) is 13.0. The third kappa shape index (κ3) is 10.7. The number of nitrogens with zero attached hydrogens (tertiary/aromatic N) is 3. The van der Waals surface area contributed by atoms with E-state index >= 15 is 0 Å². The van der Waals surface area contributed by atoms with Gasteiger partial charge in [0.25, 0.3) is 11.3 Å². The Balaban J connectivity index is 1.85. The minimum Gasteiger partial charge on any atom is -0.465 e. The van der Waals surface area contributed by atoms with Crippen molar-refractivity contribution in [3.8, 4) is 0 Å². The Morgan fingerprint density at radius 1 is 0.879 bits per heavy atom. The van der Waals surface area contributed by atoms with Crippen molar-refractivity contribution in [2.45, 2.75) is 116 Å². The lowest BCUT2D eigenvalue weighted by atomic mass is 9.88. The number of carbonyl (C=O) groups excluding carboxylic acids is 8. The van der Waals surface area contributed by atoms with Crippen LogP contribution in [0.1, 0.15) is 61.1 Å². The molecule has 10 atom stereocenters. The number of amides is 1. The van der Waals surface area contributed by atoms with Crippen LogP contribution in [0.15, 0.2) is 17.4 Å². The predicted molar refractivity (Wildman–Crippen MR) is 184 cm³/mol. The number of nitrogens with one attached hydrogen (secondary N) is 2. The molecule has 24 heteroatoms. The van der Waals surface area contributed by atoms with Gasteiger partial charge in [-0.25, -0.2) is 14.8 Å². The monoisotopic (exact) mass is 825 g/mol. The van der Waals surface area contributed by atoms with Crippen molar-refractivity contribution in [2.75, 3.05) is 20.3 Å². The third-order valence-corrected chi connectivity index (χ3v) is 8.50. The van der Waals surface area contributed by atoms with Gasteiger partial charge in [-0.1, -0.05) is 0 Å². The van der Waals surface area contributed by atoms with Gasteiger partial charge < -0.3 is 57.7 Å². The standard InChI is InChI=1S/C34H43N5O19/c1-14(40)38-24-21(52-16(3)42)9-34(33(48)49-8,58-28(24)26(54-18(5)44)22(53-17(4)43)10-50-15(2)41)51-11-23-27(55-19(6)45)29(56-20(7)46)32(57-23)39-13-37-25-30(39)35-12-36-31(25)47/h12-13,21-24,26-29,32H,9-11H2,1-8H3,(H,38,40)(H,35,36,47)/t21-,22+,23+,24+,26+,27+,28+,29+,32+,34+/m0/s1. The van der Waals surface area contributed by atoms with Gasteiger partial charge in [-0.3, -0.25) is 42.9 Å². The molecule has 0 spiro atoms. The van der Waals surface area contributed by atoms with Crippen LogP contribution in [-0.4, -0.2) is 142 Å². The highest BCUT2D eigenvalue weighted by Gasteiger charge is 2.60. The van der Waals surface area contributed by atoms with Crippen LogP contribution in [0.4, 0.5) is 0 Å². The second kappa shape index (κ2) is 19.0. The molecule has 2 aliphatic rings. The highest BCUT2D eigenvalue weighted by Crippen LogP contribution is 2.40. The van der Waals surface area contributed by atoms with Gasteiger partial charge in [0, 0.05) is 48.5 Å². The van der Waals surface area contributed by atoms with E-state index in [-0.39, 0.29) is 11.2 Å². The zero-order valence-corrected chi connectivity index (χ0v) is 32.6. The Bertz CT molecular complexity index is 1960. The highest BCUT2D eigenvalue weighted by molar-refractivity contribution is 5.79. The smallest absolute Gasteiger partial charge is 0.366 e. The number of aromatic nitrogens is 4. The van der Waals surface area contributed by atoms with Crippen LogP contribution < -0.4 is 10.9 Å². The Kier molecular flexibility index (Phi) is 14.6. The number of aromatic amines is 1. The molecule has 4 rings (SSSR count). The molecule has 318 valence electrons. The van der Waals surface area contributed by atoms with Gasteiger partial charge in [0.2, 0.25) is 5.91 Å². The molecule has 2 aromatic rings. The molecule has 2 saturated heterocycles. The molecule has 2 N–H and O–H groups in total. The summed E-state index contributed by atoms with van der Waals surface area (Å²) in [4.78, 5) is 124. The Morgan fingerprint density at radius 3 is 2.09 bits per heavy atom. The van der Waals surface area contributed by atoms with E-state index in [1.807, 2.05) is 0 Å². The number of rotatable bonds is 15. The van der Waals surface area contributed by atoms with Crippen LogP contribution in [0.5, 0.6) is 0 Å². The number of carbonyl (C=O) groups is 8. The minimum atomic E-state index is -2.68. The van der Waals surface area contributed by atoms with Crippen LogP contribution in [0.25, 0.3) is 11.2 Å². The molecular weight excluding hydrogens is 782 g/mol. The van der Waals surface area contributed by atoms with Gasteiger partial charge in [0.15, 0.2) is 41.8 Å². The maximum atomic E-state index is 13.9. The molecule has 0 radical (unpaired) electrons. The van der Waals surface area contributed by atoms with E-state index in [0.717, 1.165) is 61.9 Å². The Labute approximate surface area is 328 Å². The highest BCUT2D eigenvalue weighted by atomic mass is 16.8. The lowest BCUT2D eigenvalue weighted by molar-refractivity contribution is -0.319. The summed E-state index contributed by atoms with van der Waals surface area (Å²) >= 11 is 0. The Morgan fingerprint density at radius 2 is 1.52 bits per heavy atom. The third-order valence-electron chi connectivity index (χ3n) is 8.50. The molecule has 2 fully saturated rings. The van der Waals surface area contributed by atoms with Gasteiger partial charge in [-0.05, 0) is 0 Å². The molecule has 24 nitrogen and oxygen atoms in total. The van der Waals surface area contributed by atoms with Crippen molar-refractivity contribution >= 4 is 58.9 Å². The first-order valence-electron chi connectivity index (χ1n) is 17.5. The molecule has 2 aromatic heterocycles. The molecule has 1 amide bonds. The number of methoxy groups -OCH3 is 1. The van der Waals surface area contributed by atoms with Crippen molar-refractivity contribution in [2.24, 2.45) is 0 Å². The first kappa shape index (κ1) is 44.7. The van der Waals surface area contributed by atoms with Crippen LogP contribution in [-0.2, 0) is 85.7 Å². The molecule has 0 unspecified atom stereocenters. The molecule has 58 heavy (non-hydrogen) atoms. The summed E-state index contributed by atoms with van der Waals surface area (Å²) in [6.07, 6.45) is -11.1. The van der Waals surface area contributed by atoms with Crippen LogP contribution in [0.3, 0.4) is 0 Å². The van der Waals surface area contributed by atoms with E-state index in [4.69, 9.17) is 47.4 Å². The summed E-state index contributed by atoms with van der Waals surface area (Å²) in [5, 5.41) is 2.54. The largest absolute Gasteiger partial charge is 0.465 e. The quantitative estimate of drug-likeness (QED) is 0.151.